The Balaban J connectivity index is 2.02. The molecule has 0 radical (unpaired) electrons. The molecule has 1 aromatic carbocycles. The van der Waals surface area contributed by atoms with Crippen molar-refractivity contribution in [1.82, 2.24) is 14.5 Å². The molecule has 0 fully saturated rings. The Morgan fingerprint density at radius 1 is 1.21 bits per heavy atom. The lowest BCUT2D eigenvalue weighted by atomic mass is 10.1. The molecule has 1 N–H and O–H groups in total. The number of sulfonamides is 1. The lowest BCUT2D eigenvalue weighted by Gasteiger charge is -2.12. The summed E-state index contributed by atoms with van der Waals surface area (Å²) in [6, 6.07) is 5.94. The van der Waals surface area contributed by atoms with Gasteiger partial charge < -0.3 is 4.74 Å². The number of carbonyl (C=O) groups is 1. The Labute approximate surface area is 164 Å². The summed E-state index contributed by atoms with van der Waals surface area (Å²) in [7, 11) is -3.15. The van der Waals surface area contributed by atoms with Crippen LogP contribution < -0.4 is 4.72 Å². The summed E-state index contributed by atoms with van der Waals surface area (Å²) in [5.74, 6) is 0. The minimum Gasteiger partial charge on any atom is -0.452 e. The van der Waals surface area contributed by atoms with E-state index in [1.54, 1.807) is 16.9 Å². The summed E-state index contributed by atoms with van der Waals surface area (Å²) in [6.45, 7) is 0. The van der Waals surface area contributed by atoms with Gasteiger partial charge in [0.05, 0.1) is 23.4 Å². The highest BCUT2D eigenvalue weighted by Gasteiger charge is 2.35. The average Bonchev–Trinajstić information content (AvgIpc) is 3.14. The highest BCUT2D eigenvalue weighted by atomic mass is 32.2. The smallest absolute Gasteiger partial charge is 0.435 e. The van der Waals surface area contributed by atoms with Crippen LogP contribution in [0.4, 0.5) is 18.0 Å². The molecule has 3 rings (SSSR count). The fourth-order valence-electron chi connectivity index (χ4n) is 2.69. The van der Waals surface area contributed by atoms with E-state index in [1.165, 1.54) is 28.9 Å². The Morgan fingerprint density at radius 2 is 1.90 bits per heavy atom. The number of rotatable bonds is 4. The molecular formula is C18H16F3N3O4S. The number of alkyl halides is 3. The van der Waals surface area contributed by atoms with Crippen molar-refractivity contribution in [3.8, 4) is 11.3 Å². The maximum atomic E-state index is 13.2. The van der Waals surface area contributed by atoms with Gasteiger partial charge in [0.25, 0.3) is 10.0 Å². The van der Waals surface area contributed by atoms with Crippen molar-refractivity contribution in [2.24, 2.45) is 0 Å². The quantitative estimate of drug-likeness (QED) is 0.802. The minimum absolute atomic E-state index is 0.153. The molecule has 1 aliphatic carbocycles. The van der Waals surface area contributed by atoms with Crippen molar-refractivity contribution >= 4 is 21.8 Å². The van der Waals surface area contributed by atoms with Crippen LogP contribution in [-0.2, 0) is 20.9 Å². The zero-order valence-electron chi connectivity index (χ0n) is 15.1. The number of nitrogens with one attached hydrogen (secondary N) is 1. The molecule has 0 spiro atoms. The molecule has 1 amide bonds. The number of hydrogen-bond acceptors (Lipinski definition) is 5. The maximum absolute atomic E-state index is 13.2. The van der Waals surface area contributed by atoms with Crippen LogP contribution >= 0.6 is 0 Å². The average molecular weight is 427 g/mol. The molecule has 29 heavy (non-hydrogen) atoms. The number of ether oxygens (including phenoxy) is 1. The van der Waals surface area contributed by atoms with Gasteiger partial charge in [-0.25, -0.2) is 22.6 Å². The maximum Gasteiger partial charge on any atom is 0.435 e. The number of halogens is 3. The summed E-state index contributed by atoms with van der Waals surface area (Å²) in [5, 5.41) is 3.68. The van der Waals surface area contributed by atoms with Gasteiger partial charge in [-0.15, -0.1) is 0 Å². The monoisotopic (exact) mass is 427 g/mol. The van der Waals surface area contributed by atoms with Gasteiger partial charge in [0, 0.05) is 5.56 Å². The van der Waals surface area contributed by atoms with Crippen molar-refractivity contribution in [3.05, 3.63) is 54.3 Å². The third-order valence-corrected chi connectivity index (χ3v) is 5.41. The number of amides is 1. The summed E-state index contributed by atoms with van der Waals surface area (Å²) < 4.78 is 70.9. The second kappa shape index (κ2) is 7.74. The van der Waals surface area contributed by atoms with Crippen LogP contribution in [0.25, 0.3) is 17.0 Å². The normalized spacial score (nSPS) is 14.4. The largest absolute Gasteiger partial charge is 0.452 e. The number of hydrogen-bond donors (Lipinski definition) is 1. The summed E-state index contributed by atoms with van der Waals surface area (Å²) >= 11 is 0. The number of allylic oxidation sites excluding steroid dienone is 4. The van der Waals surface area contributed by atoms with Crippen LogP contribution in [0.2, 0.25) is 0 Å². The van der Waals surface area contributed by atoms with E-state index in [2.05, 4.69) is 9.84 Å². The molecule has 2 aromatic rings. The Kier molecular flexibility index (Phi) is 5.51. The van der Waals surface area contributed by atoms with Gasteiger partial charge in [-0.05, 0) is 37.1 Å². The Hall–Kier alpha value is -3.08. The predicted octanol–water partition coefficient (Wildman–Crippen LogP) is 3.80. The van der Waals surface area contributed by atoms with Crippen molar-refractivity contribution < 1.29 is 31.1 Å². The molecule has 0 saturated carbocycles. The van der Waals surface area contributed by atoms with E-state index in [1.807, 2.05) is 6.08 Å². The fourth-order valence-corrected chi connectivity index (χ4v) is 3.61. The second-order valence-corrected chi connectivity index (χ2v) is 7.74. The van der Waals surface area contributed by atoms with Crippen molar-refractivity contribution in [1.29, 1.82) is 0 Å². The fraction of sp³-hybridized carbons (Fsp3) is 0.222. The van der Waals surface area contributed by atoms with Crippen molar-refractivity contribution in [2.45, 2.75) is 23.9 Å². The molecular weight excluding hydrogens is 411 g/mol. The molecule has 11 heteroatoms. The van der Waals surface area contributed by atoms with Crippen LogP contribution in [0.3, 0.4) is 0 Å². The molecule has 7 nitrogen and oxygen atoms in total. The van der Waals surface area contributed by atoms with Gasteiger partial charge in [-0.2, -0.15) is 18.3 Å². The van der Waals surface area contributed by atoms with Crippen LogP contribution in [-0.4, -0.2) is 31.4 Å². The van der Waals surface area contributed by atoms with E-state index in [0.29, 0.717) is 17.7 Å². The summed E-state index contributed by atoms with van der Waals surface area (Å²) in [4.78, 5) is 10.9. The molecule has 1 heterocycles. The van der Waals surface area contributed by atoms with Crippen molar-refractivity contribution in [3.63, 3.8) is 0 Å². The molecule has 0 unspecified atom stereocenters. The van der Waals surface area contributed by atoms with E-state index in [9.17, 15) is 26.4 Å². The van der Waals surface area contributed by atoms with E-state index in [-0.39, 0.29) is 10.6 Å². The number of nitrogens with zero attached hydrogens (tertiary/aromatic N) is 2. The van der Waals surface area contributed by atoms with Crippen LogP contribution in [0.5, 0.6) is 0 Å². The summed E-state index contributed by atoms with van der Waals surface area (Å²) in [6.07, 6.45) is 0.955. The van der Waals surface area contributed by atoms with E-state index < -0.39 is 28.0 Å². The first-order valence-corrected chi connectivity index (χ1v) is 9.85. The number of carbonyl (C=O) groups excluding carboxylic acids is 1. The zero-order valence-corrected chi connectivity index (χ0v) is 15.9. The van der Waals surface area contributed by atoms with Crippen LogP contribution in [0.1, 0.15) is 18.5 Å². The predicted molar refractivity (Wildman–Crippen MR) is 98.0 cm³/mol. The first-order chi connectivity index (χ1) is 13.6. The van der Waals surface area contributed by atoms with Gasteiger partial charge in [0.1, 0.15) is 0 Å². The molecule has 1 aromatic heterocycles. The van der Waals surface area contributed by atoms with E-state index in [4.69, 9.17) is 0 Å². The third kappa shape index (κ3) is 4.50. The van der Waals surface area contributed by atoms with Gasteiger partial charge in [-0.3, -0.25) is 0 Å². The topological polar surface area (TPSA) is 90.3 Å². The van der Waals surface area contributed by atoms with Gasteiger partial charge in [0.15, 0.2) is 5.69 Å². The Bertz CT molecular complexity index is 1080. The first kappa shape index (κ1) is 20.6. The zero-order chi connectivity index (χ0) is 21.2. The van der Waals surface area contributed by atoms with Gasteiger partial charge in [0.2, 0.25) is 0 Å². The molecule has 154 valence electrons. The van der Waals surface area contributed by atoms with Gasteiger partial charge in [-0.1, -0.05) is 24.3 Å². The Morgan fingerprint density at radius 3 is 2.45 bits per heavy atom. The van der Waals surface area contributed by atoms with Crippen LogP contribution in [0, 0.1) is 0 Å². The number of methoxy groups -OCH3 is 1. The SMILES string of the molecule is COC(=O)NS(=O)(=O)c1ccc(-c2cc(C(F)(F)F)nn2C2=CCCC=C2)cc1. The van der Waals surface area contributed by atoms with Crippen LogP contribution in [0.15, 0.2) is 53.5 Å². The number of aromatic nitrogens is 2. The second-order valence-electron chi connectivity index (χ2n) is 6.05. The summed E-state index contributed by atoms with van der Waals surface area (Å²) in [5.41, 5.74) is -0.0906. The van der Waals surface area contributed by atoms with E-state index >= 15 is 0 Å². The lowest BCUT2D eigenvalue weighted by molar-refractivity contribution is -0.141. The molecule has 0 atom stereocenters. The lowest BCUT2D eigenvalue weighted by Crippen LogP contribution is -2.30. The standard InChI is InChI=1S/C18H16F3N3O4S/c1-28-17(25)23-29(26,27)14-9-7-12(8-10-14)15-11-16(18(19,20)21)22-24(15)13-5-3-2-4-6-13/h3,5-11H,2,4H2,1H3,(H,23,25). The number of benzene rings is 1. The van der Waals surface area contributed by atoms with E-state index in [0.717, 1.165) is 19.6 Å². The van der Waals surface area contributed by atoms with Gasteiger partial charge >= 0.3 is 12.3 Å². The molecule has 1 aliphatic rings. The third-order valence-electron chi connectivity index (χ3n) is 4.08. The minimum atomic E-state index is -4.63. The highest BCUT2D eigenvalue weighted by Crippen LogP contribution is 2.34. The molecule has 0 saturated heterocycles. The first-order valence-electron chi connectivity index (χ1n) is 8.37. The highest BCUT2D eigenvalue weighted by molar-refractivity contribution is 7.90. The van der Waals surface area contributed by atoms with Crippen molar-refractivity contribution in [2.75, 3.05) is 7.11 Å². The molecule has 0 aliphatic heterocycles. The molecule has 0 bridgehead atoms.